The summed E-state index contributed by atoms with van der Waals surface area (Å²) in [6.45, 7) is 0. The number of hydrogen-bond donors (Lipinski definition) is 0. The Balaban J connectivity index is 0.000000963. The molecule has 2 aromatic carbocycles. The zero-order chi connectivity index (χ0) is 10.3. The summed E-state index contributed by atoms with van der Waals surface area (Å²) in [7, 11) is 0. The average molecular weight is 253 g/mol. The topological polar surface area (TPSA) is 31.2 Å². The molecule has 0 bridgehead atoms. The van der Waals surface area contributed by atoms with Crippen LogP contribution in [0.2, 0.25) is 0 Å². The molecule has 0 fully saturated rings. The Labute approximate surface area is 102 Å². The predicted octanol–water partition coefficient (Wildman–Crippen LogP) is 2.31. The van der Waals surface area contributed by atoms with Crippen molar-refractivity contribution in [2.75, 3.05) is 0 Å². The van der Waals surface area contributed by atoms with Crippen molar-refractivity contribution in [3.63, 3.8) is 0 Å². The van der Waals surface area contributed by atoms with E-state index >= 15 is 0 Å². The standard InChI is InChI=1S/C13H9NO.Co/c15-13-11-7-2-1-5-9(11)10-6-3-4-8-12(10)14-13;/h1-8H,(H,14,15);/p-1. The Morgan fingerprint density at radius 3 is 2.06 bits per heavy atom. The quantitative estimate of drug-likeness (QED) is 0.576. The van der Waals surface area contributed by atoms with Crippen molar-refractivity contribution >= 4 is 21.7 Å². The van der Waals surface area contributed by atoms with Crippen LogP contribution in [0.5, 0.6) is 0 Å². The van der Waals surface area contributed by atoms with E-state index in [1.54, 1.807) is 0 Å². The third-order valence-electron chi connectivity index (χ3n) is 2.57. The first kappa shape index (κ1) is 10.9. The number of benzene rings is 2. The van der Waals surface area contributed by atoms with E-state index < -0.39 is 0 Å². The summed E-state index contributed by atoms with van der Waals surface area (Å²) in [6, 6.07) is 15.3. The van der Waals surface area contributed by atoms with Gasteiger partial charge in [0.25, 0.3) is 0 Å². The van der Waals surface area contributed by atoms with Crippen molar-refractivity contribution in [2.45, 2.75) is 0 Å². The number of nitrogens with zero attached hydrogens (tertiary/aromatic N) is 1. The van der Waals surface area contributed by atoms with Gasteiger partial charge in [-0.2, -0.15) is 0 Å². The van der Waals surface area contributed by atoms with Crippen LogP contribution in [0.15, 0.2) is 53.3 Å². The molecule has 1 radical (unpaired) electrons. The molecule has 81 valence electrons. The minimum absolute atomic E-state index is 0. The van der Waals surface area contributed by atoms with Crippen molar-refractivity contribution in [1.29, 1.82) is 0 Å². The number of hydrogen-bond acceptors (Lipinski definition) is 1. The smallest absolute Gasteiger partial charge is 0.0859 e. The number of rotatable bonds is 0. The molecule has 0 saturated heterocycles. The van der Waals surface area contributed by atoms with Crippen LogP contribution < -0.4 is 10.5 Å². The summed E-state index contributed by atoms with van der Waals surface area (Å²) in [5.74, 6) is 0. The van der Waals surface area contributed by atoms with Gasteiger partial charge in [0.05, 0.1) is 5.56 Å². The monoisotopic (exact) mass is 253 g/mol. The second kappa shape index (κ2) is 4.12. The Morgan fingerprint density at radius 2 is 1.31 bits per heavy atom. The van der Waals surface area contributed by atoms with Crippen LogP contribution in [0.1, 0.15) is 0 Å². The van der Waals surface area contributed by atoms with E-state index in [2.05, 4.69) is 4.98 Å². The Bertz CT molecular complexity index is 703. The zero-order valence-electron chi connectivity index (χ0n) is 8.31. The van der Waals surface area contributed by atoms with Crippen molar-refractivity contribution < 1.29 is 16.8 Å². The van der Waals surface area contributed by atoms with E-state index in [0.29, 0.717) is 5.39 Å². The molecule has 0 unspecified atom stereocenters. The van der Waals surface area contributed by atoms with Crippen molar-refractivity contribution in [2.24, 2.45) is 0 Å². The normalized spacial score (nSPS) is 10.2. The summed E-state index contributed by atoms with van der Waals surface area (Å²) in [5.41, 5.74) is 0.616. The molecule has 1 aromatic heterocycles. The molecule has 0 N–H and O–H groups in total. The van der Waals surface area contributed by atoms with Crippen LogP contribution in [0, 0.1) is 0 Å². The molecule has 3 rings (SSSR count). The molecule has 0 amide bonds. The Kier molecular flexibility index (Phi) is 2.81. The number of fused-ring (bicyclic) bond motifs is 3. The molecule has 3 heteroatoms. The van der Waals surface area contributed by atoms with Crippen LogP contribution in [-0.4, -0.2) is 0 Å². The van der Waals surface area contributed by atoms with Gasteiger partial charge in [0.1, 0.15) is 0 Å². The third-order valence-corrected chi connectivity index (χ3v) is 2.57. The zero-order valence-corrected chi connectivity index (χ0v) is 9.35. The molecule has 1 heterocycles. The van der Waals surface area contributed by atoms with Gasteiger partial charge in [0.2, 0.25) is 0 Å². The molecule has 0 aliphatic heterocycles. The van der Waals surface area contributed by atoms with Gasteiger partial charge in [0.15, 0.2) is 0 Å². The molecular weight excluding hydrogens is 245 g/mol. The number of para-hydroxylation sites is 1. The van der Waals surface area contributed by atoms with Gasteiger partial charge in [-0.1, -0.05) is 48.5 Å². The minimum Gasteiger partial charge on any atom is -0.622 e. The van der Waals surface area contributed by atoms with Crippen molar-refractivity contribution in [3.05, 3.63) is 58.9 Å². The molecule has 0 atom stereocenters. The van der Waals surface area contributed by atoms with E-state index in [1.165, 1.54) is 0 Å². The van der Waals surface area contributed by atoms with E-state index in [9.17, 15) is 4.79 Å². The fourth-order valence-electron chi connectivity index (χ4n) is 1.87. The van der Waals surface area contributed by atoms with Crippen LogP contribution in [0.25, 0.3) is 21.7 Å². The van der Waals surface area contributed by atoms with E-state index in [0.717, 1.165) is 16.3 Å². The molecular formula is C13H8CoNO-. The molecule has 0 saturated carbocycles. The second-order valence-corrected chi connectivity index (χ2v) is 3.48. The maximum absolute atomic E-state index is 11.7. The maximum atomic E-state index is 11.7. The molecule has 0 spiro atoms. The van der Waals surface area contributed by atoms with Crippen LogP contribution in [0.3, 0.4) is 0 Å². The predicted molar refractivity (Wildman–Crippen MR) is 61.0 cm³/mol. The summed E-state index contributed by atoms with van der Waals surface area (Å²) < 4.78 is 0. The van der Waals surface area contributed by atoms with Crippen LogP contribution in [0.4, 0.5) is 0 Å². The third kappa shape index (κ3) is 1.54. The first-order valence-corrected chi connectivity index (χ1v) is 4.81. The molecule has 0 aliphatic carbocycles. The van der Waals surface area contributed by atoms with Gasteiger partial charge in [-0.05, 0) is 10.8 Å². The largest absolute Gasteiger partial charge is 0.622 e. The van der Waals surface area contributed by atoms with Gasteiger partial charge < -0.3 is 9.78 Å². The van der Waals surface area contributed by atoms with Crippen molar-refractivity contribution in [3.8, 4) is 0 Å². The van der Waals surface area contributed by atoms with Gasteiger partial charge >= 0.3 is 0 Å². The molecule has 0 aliphatic rings. The van der Waals surface area contributed by atoms with Gasteiger partial charge in [-0.25, -0.2) is 0 Å². The Morgan fingerprint density at radius 1 is 0.750 bits per heavy atom. The van der Waals surface area contributed by atoms with Gasteiger partial charge in [0, 0.05) is 22.2 Å². The number of aromatic nitrogens is 1. The van der Waals surface area contributed by atoms with Crippen LogP contribution in [-0.2, 0) is 16.8 Å². The number of pyridine rings is 1. The summed E-state index contributed by atoms with van der Waals surface area (Å²) >= 11 is 0. The van der Waals surface area contributed by atoms with Gasteiger partial charge in [-0.15, -0.1) is 5.52 Å². The minimum atomic E-state index is -0.149. The fourth-order valence-corrected chi connectivity index (χ4v) is 1.87. The SMILES string of the molecule is O=c1[n-]c2ccccc2c2ccccc12.[Co]. The van der Waals surface area contributed by atoms with Crippen LogP contribution >= 0.6 is 0 Å². The molecule has 2 nitrogen and oxygen atoms in total. The summed E-state index contributed by atoms with van der Waals surface area (Å²) in [5, 5.41) is 2.71. The average Bonchev–Trinajstić information content (AvgIpc) is 2.30. The second-order valence-electron chi connectivity index (χ2n) is 3.48. The first-order chi connectivity index (χ1) is 7.36. The van der Waals surface area contributed by atoms with E-state index in [4.69, 9.17) is 0 Å². The van der Waals surface area contributed by atoms with Crippen molar-refractivity contribution in [1.82, 2.24) is 4.98 Å². The summed E-state index contributed by atoms with van der Waals surface area (Å²) in [6.07, 6.45) is 0. The van der Waals surface area contributed by atoms with E-state index in [1.807, 2.05) is 48.5 Å². The fraction of sp³-hybridized carbons (Fsp3) is 0. The Hall–Kier alpha value is -1.58. The first-order valence-electron chi connectivity index (χ1n) is 4.81. The molecule has 16 heavy (non-hydrogen) atoms. The van der Waals surface area contributed by atoms with E-state index in [-0.39, 0.29) is 22.3 Å². The molecule has 3 aromatic rings. The van der Waals surface area contributed by atoms with Gasteiger partial charge in [-0.3, -0.25) is 0 Å². The summed E-state index contributed by atoms with van der Waals surface area (Å²) in [4.78, 5) is 15.7. The maximum Gasteiger partial charge on any atom is 0.0859 e.